The average Bonchev–Trinajstić information content (AvgIpc) is 4.39. The van der Waals surface area contributed by atoms with Crippen LogP contribution < -0.4 is 18.9 Å². The van der Waals surface area contributed by atoms with Crippen molar-refractivity contribution in [2.45, 2.75) is 25.7 Å². The molecule has 2 N–H and O–H groups in total. The zero-order chi connectivity index (χ0) is 56.7. The molecule has 0 amide bonds. The molecule has 8 bridgehead atoms. The Hall–Kier alpha value is -7.48. The van der Waals surface area contributed by atoms with Crippen molar-refractivity contribution in [3.8, 4) is 67.5 Å². The van der Waals surface area contributed by atoms with Crippen molar-refractivity contribution in [1.82, 2.24) is 19.9 Å². The number of quaternary nitrogens is 4. The highest BCUT2D eigenvalue weighted by Gasteiger charge is 2.21. The molecule has 0 unspecified atom stereocenters. The predicted molar refractivity (Wildman–Crippen MR) is 333 cm³/mol. The second-order valence-corrected chi connectivity index (χ2v) is 25.5. The number of benzene rings is 4. The van der Waals surface area contributed by atoms with Crippen molar-refractivity contribution in [3.63, 3.8) is 0 Å². The summed E-state index contributed by atoms with van der Waals surface area (Å²) >= 11 is 0. The van der Waals surface area contributed by atoms with Gasteiger partial charge < -0.3 is 46.8 Å². The van der Waals surface area contributed by atoms with E-state index in [4.69, 9.17) is 28.9 Å². The molecule has 0 aliphatic carbocycles. The van der Waals surface area contributed by atoms with Crippen LogP contribution >= 0.6 is 0 Å². The van der Waals surface area contributed by atoms with E-state index < -0.39 is 0 Å². The Morgan fingerprint density at radius 3 is 0.775 bits per heavy atom. The molecule has 2 aliphatic rings. The number of hydrogen-bond acceptors (Lipinski definition) is 6. The highest BCUT2D eigenvalue weighted by molar-refractivity contribution is 6.00. The highest BCUT2D eigenvalue weighted by Crippen LogP contribution is 2.40. The van der Waals surface area contributed by atoms with Crippen molar-refractivity contribution in [3.05, 3.63) is 144 Å². The Labute approximate surface area is 475 Å². The number of nitrogens with one attached hydrogen (secondary N) is 2. The van der Waals surface area contributed by atoms with Gasteiger partial charge in [-0.05, 0) is 119 Å². The Kier molecular flexibility index (Phi) is 17.5. The van der Waals surface area contributed by atoms with E-state index in [0.29, 0.717) is 26.4 Å². The summed E-state index contributed by atoms with van der Waals surface area (Å²) in [5.41, 5.74) is 15.0. The van der Waals surface area contributed by atoms with Crippen LogP contribution in [-0.2, 0) is 0 Å². The summed E-state index contributed by atoms with van der Waals surface area (Å²) in [5.74, 6) is 3.36. The minimum atomic E-state index is 0.649. The van der Waals surface area contributed by atoms with Gasteiger partial charge in [0, 0.05) is 70.0 Å². The molecule has 0 fully saturated rings. The van der Waals surface area contributed by atoms with Crippen LogP contribution in [0.3, 0.4) is 0 Å². The fourth-order valence-electron chi connectivity index (χ4n) is 10.2. The van der Waals surface area contributed by atoms with Gasteiger partial charge in [0.05, 0.1) is 160 Å². The molecule has 12 heteroatoms. The van der Waals surface area contributed by atoms with Gasteiger partial charge in [0.2, 0.25) is 0 Å². The minimum Gasteiger partial charge on any atom is -0.493 e. The molecule has 0 saturated carbocycles. The van der Waals surface area contributed by atoms with Gasteiger partial charge in [0.25, 0.3) is 0 Å². The average molecular weight is 1080 g/mol. The molecular weight excluding hydrogens is 993 g/mol. The second kappa shape index (κ2) is 24.5. The van der Waals surface area contributed by atoms with Gasteiger partial charge >= 0.3 is 0 Å². The topological polar surface area (TPSA) is 94.3 Å². The first kappa shape index (κ1) is 57.2. The standard InChI is InChI=1S/C68H86N8O4/c1-73(2,3)41-13-45-77-53-25-17-49(18-26-53)65-57-33-35-59(69-57)66(50-19-27-54(28-20-50)78-46-14-42-74(4,5)6)61-37-39-63(71-61)68(52-23-31-56(32-24-52)80-48-16-44-76(10,11)12)64-40-38-62(72-64)67(60-36-34-58(65)70-60)51-21-29-55(30-22-51)79-47-15-43-75(7,8)9/h17-40,69-70H,13-16,41-48H2,1-12H3/q+4. The lowest BCUT2D eigenvalue weighted by atomic mass is 10.0. The molecule has 418 valence electrons. The van der Waals surface area contributed by atoms with E-state index in [-0.39, 0.29) is 0 Å². The number of nitrogens with zero attached hydrogens (tertiary/aromatic N) is 6. The number of rotatable bonds is 24. The van der Waals surface area contributed by atoms with E-state index in [1.165, 1.54) is 0 Å². The zero-order valence-electron chi connectivity index (χ0n) is 49.7. The molecular formula is C68H86N8O4+4. The van der Waals surface area contributed by atoms with Crippen molar-refractivity contribution in [2.24, 2.45) is 0 Å². The van der Waals surface area contributed by atoms with E-state index in [1.54, 1.807) is 0 Å². The van der Waals surface area contributed by atoms with Gasteiger partial charge in [-0.3, -0.25) is 0 Å². The Morgan fingerprint density at radius 1 is 0.287 bits per heavy atom. The van der Waals surface area contributed by atoms with E-state index in [9.17, 15) is 0 Å². The summed E-state index contributed by atoms with van der Waals surface area (Å²) in [4.78, 5) is 19.0. The Morgan fingerprint density at radius 2 is 0.512 bits per heavy atom. The molecule has 4 aromatic carbocycles. The van der Waals surface area contributed by atoms with Crippen LogP contribution in [0.4, 0.5) is 0 Å². The van der Waals surface area contributed by atoms with Crippen LogP contribution in [0, 0.1) is 0 Å². The SMILES string of the molecule is C[N+](C)(C)CCCOc1ccc(-c2c3nc(c(-c4ccc(OCCC[N+](C)(C)C)cc4)c4ccc([nH]4)c(-c4ccc(OCCC[N+](C)(C)C)cc4)c4ccc([nH]4)c(-c4ccc(OCCC[N+](C)(C)C)cc4)c4nc2C=C4)C=C3)cc1. The van der Waals surface area contributed by atoms with Gasteiger partial charge in [-0.1, -0.05) is 48.5 Å². The van der Waals surface area contributed by atoms with Crippen LogP contribution in [0.25, 0.3) is 90.9 Å². The first-order valence-electron chi connectivity index (χ1n) is 28.4. The summed E-state index contributed by atoms with van der Waals surface area (Å²) < 4.78 is 28.8. The number of aromatic nitrogens is 4. The first-order valence-corrected chi connectivity index (χ1v) is 28.4. The molecule has 0 atom stereocenters. The van der Waals surface area contributed by atoms with Gasteiger partial charge in [0.15, 0.2) is 0 Å². The maximum atomic E-state index is 6.30. The molecule has 3 aromatic heterocycles. The fraction of sp³-hybridized carbons (Fsp3) is 0.353. The van der Waals surface area contributed by atoms with Crippen LogP contribution in [0.15, 0.2) is 121 Å². The molecule has 80 heavy (non-hydrogen) atoms. The molecule has 0 spiro atoms. The first-order chi connectivity index (χ1) is 38.1. The van der Waals surface area contributed by atoms with Crippen LogP contribution in [0.2, 0.25) is 0 Å². The van der Waals surface area contributed by atoms with Crippen LogP contribution in [0.5, 0.6) is 23.0 Å². The summed E-state index contributed by atoms with van der Waals surface area (Å²) in [5, 5.41) is 0. The molecule has 9 rings (SSSR count). The maximum absolute atomic E-state index is 6.30. The quantitative estimate of drug-likeness (QED) is 0.0462. The lowest BCUT2D eigenvalue weighted by molar-refractivity contribution is -0.870. The second-order valence-electron chi connectivity index (χ2n) is 25.5. The summed E-state index contributed by atoms with van der Waals surface area (Å²) in [6.45, 7) is 6.74. The number of fused-ring (bicyclic) bond motifs is 8. The van der Waals surface area contributed by atoms with Crippen molar-refractivity contribution in [2.75, 3.05) is 137 Å². The third-order valence-electron chi connectivity index (χ3n) is 14.3. The normalized spacial score (nSPS) is 12.8. The lowest BCUT2D eigenvalue weighted by Gasteiger charge is -2.23. The summed E-state index contributed by atoms with van der Waals surface area (Å²) in [6.07, 6.45) is 12.4. The van der Waals surface area contributed by atoms with Gasteiger partial charge in [-0.2, -0.15) is 0 Å². The minimum absolute atomic E-state index is 0.649. The molecule has 12 nitrogen and oxygen atoms in total. The lowest BCUT2D eigenvalue weighted by Crippen LogP contribution is -2.36. The zero-order valence-corrected chi connectivity index (χ0v) is 49.7. The van der Waals surface area contributed by atoms with E-state index in [1.807, 2.05) is 0 Å². The third-order valence-corrected chi connectivity index (χ3v) is 14.3. The van der Waals surface area contributed by atoms with Gasteiger partial charge in [-0.25, -0.2) is 9.97 Å². The summed E-state index contributed by atoms with van der Waals surface area (Å²) in [7, 11) is 26.5. The van der Waals surface area contributed by atoms with E-state index >= 15 is 0 Å². The number of hydrogen-bond donors (Lipinski definition) is 2. The van der Waals surface area contributed by atoms with Gasteiger partial charge in [0.1, 0.15) is 23.0 Å². The highest BCUT2D eigenvalue weighted by atomic mass is 16.5. The number of H-pyrrole nitrogens is 2. The maximum Gasteiger partial charge on any atom is 0.119 e. The van der Waals surface area contributed by atoms with E-state index in [0.717, 1.165) is 182 Å². The van der Waals surface area contributed by atoms with Crippen molar-refractivity contribution < 1.29 is 36.9 Å². The molecule has 5 heterocycles. The number of aromatic amines is 2. The third kappa shape index (κ3) is 15.5. The van der Waals surface area contributed by atoms with Crippen molar-refractivity contribution in [1.29, 1.82) is 0 Å². The smallest absolute Gasteiger partial charge is 0.119 e. The van der Waals surface area contributed by atoms with Gasteiger partial charge in [-0.15, -0.1) is 0 Å². The molecule has 0 saturated heterocycles. The molecule has 7 aromatic rings. The van der Waals surface area contributed by atoms with Crippen molar-refractivity contribution >= 4 is 46.4 Å². The van der Waals surface area contributed by atoms with Crippen LogP contribution in [0.1, 0.15) is 48.5 Å². The Bertz CT molecular complexity index is 3290. The Balaban J connectivity index is 1.23. The molecule has 0 radical (unpaired) electrons. The van der Waals surface area contributed by atoms with Crippen LogP contribution in [-0.4, -0.2) is 175 Å². The number of ether oxygens (including phenoxy) is 4. The largest absolute Gasteiger partial charge is 0.493 e. The summed E-state index contributed by atoms with van der Waals surface area (Å²) in [6, 6.07) is 42.5. The molecule has 2 aliphatic heterocycles. The monoisotopic (exact) mass is 1080 g/mol. The predicted octanol–water partition coefficient (Wildman–Crippen LogP) is 13.2. The fourth-order valence-corrected chi connectivity index (χ4v) is 10.2. The van der Waals surface area contributed by atoms with E-state index in [2.05, 4.69) is 240 Å².